The minimum Gasteiger partial charge on any atom is -0.376 e. The third-order valence-electron chi connectivity index (χ3n) is 5.49. The lowest BCUT2D eigenvalue weighted by Gasteiger charge is -2.32. The molecule has 0 atom stereocenters. The minimum absolute atomic E-state index is 0. The Bertz CT molecular complexity index is 905. The van der Waals surface area contributed by atoms with E-state index < -0.39 is 0 Å². The van der Waals surface area contributed by atoms with Crippen LogP contribution in [0, 0.1) is 0 Å². The summed E-state index contributed by atoms with van der Waals surface area (Å²) in [4.78, 5) is 0. The first-order valence-corrected chi connectivity index (χ1v) is 9.84. The molecule has 4 rings (SSSR count). The number of nitrogens with one attached hydrogen (secondary N) is 2. The number of benzene rings is 2. The van der Waals surface area contributed by atoms with Crippen LogP contribution in [0.4, 0.5) is 11.4 Å². The SMILES string of the molecule is CC1=CC(C)(C)Nc2ccc(Cc3ccc4c(c3)C(C)=CC(C)(C)N4)cc21.Cl.Cl. The van der Waals surface area contributed by atoms with Crippen molar-refractivity contribution in [1.29, 1.82) is 0 Å². The molecule has 4 heteroatoms. The molecule has 0 radical (unpaired) electrons. The van der Waals surface area contributed by atoms with Gasteiger partial charge in [-0.1, -0.05) is 24.3 Å². The highest BCUT2D eigenvalue weighted by atomic mass is 35.5. The standard InChI is InChI=1S/C25H30N2.2ClH/c1-16-14-24(3,4)26-22-9-7-18(12-20(16)22)11-19-8-10-23-21(13-19)17(2)15-25(5,6)27-23;;/h7-10,12-15,26-27H,11H2,1-6H3;2*1H. The average molecular weight is 431 g/mol. The van der Waals surface area contributed by atoms with E-state index in [0.717, 1.165) is 6.42 Å². The van der Waals surface area contributed by atoms with Crippen molar-refractivity contribution < 1.29 is 0 Å². The molecule has 2 aliphatic heterocycles. The van der Waals surface area contributed by atoms with Gasteiger partial charge >= 0.3 is 0 Å². The zero-order valence-electron chi connectivity index (χ0n) is 18.1. The molecule has 2 aliphatic rings. The number of allylic oxidation sites excluding steroid dienone is 2. The van der Waals surface area contributed by atoms with Gasteiger partial charge in [-0.15, -0.1) is 24.8 Å². The molecule has 0 saturated heterocycles. The molecule has 0 fully saturated rings. The Morgan fingerprint density at radius 2 is 1.03 bits per heavy atom. The summed E-state index contributed by atoms with van der Waals surface area (Å²) < 4.78 is 0. The predicted octanol–water partition coefficient (Wildman–Crippen LogP) is 7.34. The van der Waals surface area contributed by atoms with Crippen LogP contribution in [0.1, 0.15) is 63.8 Å². The molecule has 156 valence electrons. The summed E-state index contributed by atoms with van der Waals surface area (Å²) in [5, 5.41) is 7.24. The minimum atomic E-state index is 0. The zero-order chi connectivity index (χ0) is 19.4. The summed E-state index contributed by atoms with van der Waals surface area (Å²) >= 11 is 0. The average Bonchev–Trinajstić information content (AvgIpc) is 2.54. The summed E-state index contributed by atoms with van der Waals surface area (Å²) in [6.45, 7) is 13.3. The van der Waals surface area contributed by atoms with Gasteiger partial charge in [-0.05, 0) is 94.5 Å². The molecule has 2 aromatic carbocycles. The number of rotatable bonds is 2. The van der Waals surface area contributed by atoms with Gasteiger partial charge in [-0.2, -0.15) is 0 Å². The van der Waals surface area contributed by atoms with Gasteiger partial charge in [-0.3, -0.25) is 0 Å². The predicted molar refractivity (Wildman–Crippen MR) is 133 cm³/mol. The fourth-order valence-electron chi connectivity index (χ4n) is 4.51. The van der Waals surface area contributed by atoms with Gasteiger partial charge in [0.15, 0.2) is 0 Å². The van der Waals surface area contributed by atoms with Gasteiger partial charge < -0.3 is 10.6 Å². The second kappa shape index (κ2) is 8.08. The Morgan fingerprint density at radius 1 is 0.655 bits per heavy atom. The first kappa shape index (κ1) is 23.4. The van der Waals surface area contributed by atoms with E-state index in [1.54, 1.807) is 0 Å². The normalized spacial score (nSPS) is 17.7. The second-order valence-corrected chi connectivity index (χ2v) is 9.28. The Morgan fingerprint density at radius 3 is 1.41 bits per heavy atom. The van der Waals surface area contributed by atoms with E-state index in [1.807, 2.05) is 0 Å². The van der Waals surface area contributed by atoms with Gasteiger partial charge in [0, 0.05) is 22.5 Å². The smallest absolute Gasteiger partial charge is 0.0505 e. The summed E-state index contributed by atoms with van der Waals surface area (Å²) in [5.74, 6) is 0. The van der Waals surface area contributed by atoms with Crippen molar-refractivity contribution in [2.24, 2.45) is 0 Å². The van der Waals surface area contributed by atoms with E-state index in [9.17, 15) is 0 Å². The van der Waals surface area contributed by atoms with Gasteiger partial charge in [0.05, 0.1) is 11.1 Å². The van der Waals surface area contributed by atoms with Crippen LogP contribution in [0.3, 0.4) is 0 Å². The van der Waals surface area contributed by atoms with Crippen LogP contribution in [-0.2, 0) is 6.42 Å². The van der Waals surface area contributed by atoms with E-state index in [0.29, 0.717) is 0 Å². The molecule has 29 heavy (non-hydrogen) atoms. The first-order valence-electron chi connectivity index (χ1n) is 9.84. The Kier molecular flexibility index (Phi) is 6.52. The maximum absolute atomic E-state index is 3.62. The van der Waals surface area contributed by atoms with Crippen LogP contribution in [0.25, 0.3) is 11.1 Å². The highest BCUT2D eigenvalue weighted by molar-refractivity contribution is 5.85. The van der Waals surface area contributed by atoms with Crippen LogP contribution in [0.15, 0.2) is 48.6 Å². The number of anilines is 2. The van der Waals surface area contributed by atoms with Gasteiger partial charge in [0.1, 0.15) is 0 Å². The molecule has 2 N–H and O–H groups in total. The number of hydrogen-bond acceptors (Lipinski definition) is 2. The first-order chi connectivity index (χ1) is 12.6. The topological polar surface area (TPSA) is 24.1 Å². The van der Waals surface area contributed by atoms with Crippen LogP contribution >= 0.6 is 24.8 Å². The molecule has 0 aliphatic carbocycles. The quantitative estimate of drug-likeness (QED) is 0.520. The van der Waals surface area contributed by atoms with Crippen molar-refractivity contribution >= 4 is 47.3 Å². The van der Waals surface area contributed by atoms with Crippen LogP contribution in [-0.4, -0.2) is 11.1 Å². The number of fused-ring (bicyclic) bond motifs is 2. The molecule has 2 heterocycles. The lowest BCUT2D eigenvalue weighted by molar-refractivity contribution is 0.707. The second-order valence-electron chi connectivity index (χ2n) is 9.28. The van der Waals surface area contributed by atoms with E-state index in [2.05, 4.69) is 101 Å². The van der Waals surface area contributed by atoms with Crippen LogP contribution < -0.4 is 10.6 Å². The maximum atomic E-state index is 3.62. The van der Waals surface area contributed by atoms with Gasteiger partial charge in [-0.25, -0.2) is 0 Å². The molecule has 0 saturated carbocycles. The molecule has 2 nitrogen and oxygen atoms in total. The lowest BCUT2D eigenvalue weighted by Crippen LogP contribution is -2.31. The molecular weight excluding hydrogens is 399 g/mol. The lowest BCUT2D eigenvalue weighted by atomic mass is 9.88. The van der Waals surface area contributed by atoms with Crippen molar-refractivity contribution in [2.75, 3.05) is 10.6 Å². The molecule has 0 unspecified atom stereocenters. The Labute approximate surface area is 187 Å². The third kappa shape index (κ3) is 4.82. The van der Waals surface area contributed by atoms with Gasteiger partial charge in [0.2, 0.25) is 0 Å². The van der Waals surface area contributed by atoms with Crippen molar-refractivity contribution in [3.63, 3.8) is 0 Å². The van der Waals surface area contributed by atoms with Crippen LogP contribution in [0.2, 0.25) is 0 Å². The van der Waals surface area contributed by atoms with Crippen molar-refractivity contribution in [1.82, 2.24) is 0 Å². The highest BCUT2D eigenvalue weighted by Gasteiger charge is 2.24. The fraction of sp³-hybridized carbons (Fsp3) is 0.360. The summed E-state index contributed by atoms with van der Waals surface area (Å²) in [6, 6.07) is 13.7. The molecule has 0 amide bonds. The number of halogens is 2. The van der Waals surface area contributed by atoms with Crippen molar-refractivity contribution in [3.05, 3.63) is 70.8 Å². The van der Waals surface area contributed by atoms with E-state index in [4.69, 9.17) is 0 Å². The molecule has 2 aromatic rings. The Hall–Kier alpha value is -1.90. The summed E-state index contributed by atoms with van der Waals surface area (Å²) in [7, 11) is 0. The van der Waals surface area contributed by atoms with Crippen LogP contribution in [0.5, 0.6) is 0 Å². The monoisotopic (exact) mass is 430 g/mol. The van der Waals surface area contributed by atoms with Gasteiger partial charge in [0.25, 0.3) is 0 Å². The van der Waals surface area contributed by atoms with E-state index in [-0.39, 0.29) is 35.9 Å². The summed E-state index contributed by atoms with van der Waals surface area (Å²) in [5.41, 5.74) is 10.6. The largest absolute Gasteiger partial charge is 0.376 e. The van der Waals surface area contributed by atoms with Crippen molar-refractivity contribution in [2.45, 2.75) is 59.0 Å². The number of hydrogen-bond donors (Lipinski definition) is 2. The third-order valence-corrected chi connectivity index (χ3v) is 5.49. The molecular formula is C25H32Cl2N2. The Balaban J connectivity index is 0.00000150. The van der Waals surface area contributed by atoms with Crippen molar-refractivity contribution in [3.8, 4) is 0 Å². The maximum Gasteiger partial charge on any atom is 0.0505 e. The zero-order valence-corrected chi connectivity index (χ0v) is 19.8. The molecule has 0 spiro atoms. The fourth-order valence-corrected chi connectivity index (χ4v) is 4.51. The van der Waals surface area contributed by atoms with E-state index in [1.165, 1.54) is 44.8 Å². The highest BCUT2D eigenvalue weighted by Crippen LogP contribution is 2.36. The van der Waals surface area contributed by atoms with E-state index >= 15 is 0 Å². The summed E-state index contributed by atoms with van der Waals surface area (Å²) in [6.07, 6.45) is 5.59. The molecule has 0 bridgehead atoms. The molecule has 0 aromatic heterocycles.